The van der Waals surface area contributed by atoms with Crippen LogP contribution in [-0.2, 0) is 0 Å². The molecule has 0 unspecified atom stereocenters. The Bertz CT molecular complexity index is 42.0. The monoisotopic (exact) mass is 188 g/mol. The molecule has 0 saturated heterocycles. The Morgan fingerprint density at radius 2 is 1.00 bits per heavy atom. The Balaban J connectivity index is -0.000000131. The molecule has 0 aliphatic heterocycles. The van der Waals surface area contributed by atoms with E-state index in [9.17, 15) is 0 Å². The van der Waals surface area contributed by atoms with Gasteiger partial charge in [0.25, 0.3) is 0 Å². The second-order valence-electron chi connectivity index (χ2n) is 3.51. The van der Waals surface area contributed by atoms with Gasteiger partial charge in [0.2, 0.25) is 0 Å². The van der Waals surface area contributed by atoms with Crippen LogP contribution >= 0.6 is 0 Å². The SMILES string of the molecule is CC.CCC(C)C.CCCCCC. The summed E-state index contributed by atoms with van der Waals surface area (Å²) in [5.41, 5.74) is 0. The summed E-state index contributed by atoms with van der Waals surface area (Å²) in [6.07, 6.45) is 6.84. The van der Waals surface area contributed by atoms with Crippen LogP contribution in [0.1, 0.15) is 80.6 Å². The van der Waals surface area contributed by atoms with Crippen molar-refractivity contribution >= 4 is 0 Å². The van der Waals surface area contributed by atoms with Gasteiger partial charge in [0.1, 0.15) is 0 Å². The maximum atomic E-state index is 2.23. The van der Waals surface area contributed by atoms with E-state index in [1.807, 2.05) is 13.8 Å². The Kier molecular flexibility index (Phi) is 32.7. The molecule has 0 radical (unpaired) electrons. The first-order valence-corrected chi connectivity index (χ1v) is 6.18. The number of rotatable bonds is 4. The van der Waals surface area contributed by atoms with Gasteiger partial charge in [-0.2, -0.15) is 0 Å². The van der Waals surface area contributed by atoms with Crippen LogP contribution in [0.15, 0.2) is 0 Å². The maximum absolute atomic E-state index is 2.23. The first-order chi connectivity index (χ1) is 6.18. The molecule has 0 aromatic heterocycles. The minimum Gasteiger partial charge on any atom is -0.0683 e. The molecule has 84 valence electrons. The molecule has 0 fully saturated rings. The highest BCUT2D eigenvalue weighted by Gasteiger charge is 1.80. The lowest BCUT2D eigenvalue weighted by atomic mass is 10.2. The molecule has 0 saturated carbocycles. The molecular formula is C13H32. The standard InChI is InChI=1S/C6H14.C5H12.C2H6/c1-3-5-6-4-2;1-4-5(2)3;1-2/h3-6H2,1-2H3;5H,4H2,1-3H3;1-2H3. The first-order valence-electron chi connectivity index (χ1n) is 6.18. The van der Waals surface area contributed by atoms with Crippen LogP contribution in [-0.4, -0.2) is 0 Å². The molecule has 0 spiro atoms. The first kappa shape index (κ1) is 18.7. The summed E-state index contributed by atoms with van der Waals surface area (Å²) in [6, 6.07) is 0. The number of unbranched alkanes of at least 4 members (excludes halogenated alkanes) is 3. The predicted molar refractivity (Wildman–Crippen MR) is 66.3 cm³/mol. The summed E-state index contributed by atoms with van der Waals surface area (Å²) in [5.74, 6) is 0.884. The van der Waals surface area contributed by atoms with E-state index in [-0.39, 0.29) is 0 Å². The molecule has 0 rings (SSSR count). The van der Waals surface area contributed by atoms with E-state index in [1.54, 1.807) is 0 Å². The van der Waals surface area contributed by atoms with Crippen molar-refractivity contribution in [2.24, 2.45) is 5.92 Å². The Hall–Kier alpha value is 0. The Labute approximate surface area is 87.1 Å². The second-order valence-corrected chi connectivity index (χ2v) is 3.51. The fourth-order valence-electron chi connectivity index (χ4n) is 0.500. The predicted octanol–water partition coefficient (Wildman–Crippen LogP) is 5.67. The van der Waals surface area contributed by atoms with Gasteiger partial charge >= 0.3 is 0 Å². The topological polar surface area (TPSA) is 0 Å². The molecule has 0 amide bonds. The molecule has 0 nitrogen and oxygen atoms in total. The summed E-state index contributed by atoms with van der Waals surface area (Å²) in [5, 5.41) is 0. The highest BCUT2D eigenvalue weighted by Crippen LogP contribution is 1.95. The Morgan fingerprint density at radius 1 is 0.769 bits per heavy atom. The van der Waals surface area contributed by atoms with Crippen LogP contribution < -0.4 is 0 Å². The maximum Gasteiger partial charge on any atom is -0.0474 e. The quantitative estimate of drug-likeness (QED) is 0.499. The smallest absolute Gasteiger partial charge is 0.0474 e. The van der Waals surface area contributed by atoms with E-state index in [1.165, 1.54) is 32.1 Å². The largest absolute Gasteiger partial charge is 0.0683 e. The zero-order chi connectivity index (χ0) is 11.1. The third-order valence-corrected chi connectivity index (χ3v) is 1.77. The van der Waals surface area contributed by atoms with Crippen molar-refractivity contribution in [2.75, 3.05) is 0 Å². The van der Waals surface area contributed by atoms with Crippen LogP contribution in [0.25, 0.3) is 0 Å². The summed E-state index contributed by atoms with van der Waals surface area (Å²) in [7, 11) is 0. The van der Waals surface area contributed by atoms with Crippen LogP contribution in [0.4, 0.5) is 0 Å². The minimum absolute atomic E-state index is 0.884. The van der Waals surface area contributed by atoms with Crippen molar-refractivity contribution in [2.45, 2.75) is 80.6 Å². The number of hydrogen-bond acceptors (Lipinski definition) is 0. The van der Waals surface area contributed by atoms with Gasteiger partial charge in [0.05, 0.1) is 0 Å². The molecule has 0 heteroatoms. The third kappa shape index (κ3) is 48.0. The lowest BCUT2D eigenvalue weighted by Gasteiger charge is -1.90. The molecule has 0 heterocycles. The molecule has 0 atom stereocenters. The van der Waals surface area contributed by atoms with E-state index in [2.05, 4.69) is 34.6 Å². The fourth-order valence-corrected chi connectivity index (χ4v) is 0.500. The van der Waals surface area contributed by atoms with E-state index in [0.717, 1.165) is 5.92 Å². The molecule has 13 heavy (non-hydrogen) atoms. The van der Waals surface area contributed by atoms with E-state index < -0.39 is 0 Å². The van der Waals surface area contributed by atoms with Gasteiger partial charge < -0.3 is 0 Å². The van der Waals surface area contributed by atoms with Gasteiger partial charge in [-0.3, -0.25) is 0 Å². The molecule has 0 aliphatic carbocycles. The van der Waals surface area contributed by atoms with Crippen LogP contribution in [0, 0.1) is 5.92 Å². The highest BCUT2D eigenvalue weighted by atomic mass is 13.9. The summed E-state index contributed by atoms with van der Waals surface area (Å²) >= 11 is 0. The van der Waals surface area contributed by atoms with E-state index >= 15 is 0 Å². The molecule has 0 bridgehead atoms. The van der Waals surface area contributed by atoms with Crippen molar-refractivity contribution in [3.63, 3.8) is 0 Å². The van der Waals surface area contributed by atoms with Crippen molar-refractivity contribution in [3.05, 3.63) is 0 Å². The zero-order valence-electron chi connectivity index (χ0n) is 11.1. The highest BCUT2D eigenvalue weighted by molar-refractivity contribution is 4.32. The minimum atomic E-state index is 0.884. The van der Waals surface area contributed by atoms with Gasteiger partial charge in [0, 0.05) is 0 Å². The molecule has 0 aromatic carbocycles. The van der Waals surface area contributed by atoms with Gasteiger partial charge in [-0.15, -0.1) is 0 Å². The van der Waals surface area contributed by atoms with Gasteiger partial charge in [-0.25, -0.2) is 0 Å². The van der Waals surface area contributed by atoms with E-state index in [0.29, 0.717) is 0 Å². The summed E-state index contributed by atoms with van der Waals surface area (Å²) in [6.45, 7) is 15.1. The lowest BCUT2D eigenvalue weighted by Crippen LogP contribution is -1.77. The average Bonchev–Trinajstić information content (AvgIpc) is 2.18. The van der Waals surface area contributed by atoms with E-state index in [4.69, 9.17) is 0 Å². The fraction of sp³-hybridized carbons (Fsp3) is 1.00. The Morgan fingerprint density at radius 3 is 1.08 bits per heavy atom. The normalized spacial score (nSPS) is 8.31. The van der Waals surface area contributed by atoms with Gasteiger partial charge in [-0.05, 0) is 5.92 Å². The molecule has 0 N–H and O–H groups in total. The van der Waals surface area contributed by atoms with Crippen molar-refractivity contribution in [3.8, 4) is 0 Å². The molecular weight excluding hydrogens is 156 g/mol. The number of hydrogen-bond donors (Lipinski definition) is 0. The second kappa shape index (κ2) is 22.7. The lowest BCUT2D eigenvalue weighted by molar-refractivity contribution is 0.626. The zero-order valence-corrected chi connectivity index (χ0v) is 11.1. The van der Waals surface area contributed by atoms with Crippen LogP contribution in [0.2, 0.25) is 0 Å². The average molecular weight is 188 g/mol. The van der Waals surface area contributed by atoms with Crippen molar-refractivity contribution in [1.82, 2.24) is 0 Å². The van der Waals surface area contributed by atoms with Gasteiger partial charge in [0.15, 0.2) is 0 Å². The van der Waals surface area contributed by atoms with Crippen molar-refractivity contribution < 1.29 is 0 Å². The van der Waals surface area contributed by atoms with Crippen LogP contribution in [0.5, 0.6) is 0 Å². The van der Waals surface area contributed by atoms with Gasteiger partial charge in [-0.1, -0.05) is 80.6 Å². The molecule has 0 aromatic rings. The molecule has 0 aliphatic rings. The summed E-state index contributed by atoms with van der Waals surface area (Å²) < 4.78 is 0. The third-order valence-electron chi connectivity index (χ3n) is 1.77. The van der Waals surface area contributed by atoms with Crippen LogP contribution in [0.3, 0.4) is 0 Å². The van der Waals surface area contributed by atoms with Crippen molar-refractivity contribution in [1.29, 1.82) is 0 Å². The summed E-state index contributed by atoms with van der Waals surface area (Å²) in [4.78, 5) is 0.